The molecule has 3 rings (SSSR count). The van der Waals surface area contributed by atoms with E-state index in [2.05, 4.69) is 15.7 Å². The van der Waals surface area contributed by atoms with Crippen molar-refractivity contribution in [3.63, 3.8) is 0 Å². The van der Waals surface area contributed by atoms with Gasteiger partial charge in [-0.15, -0.1) is 0 Å². The summed E-state index contributed by atoms with van der Waals surface area (Å²) in [5.41, 5.74) is 1.43. The minimum atomic E-state index is -1.02. The fourth-order valence-electron chi connectivity index (χ4n) is 4.89. The number of nitrogens with zero attached hydrogens (tertiary/aromatic N) is 3. The lowest BCUT2D eigenvalue weighted by Crippen LogP contribution is -2.49. The van der Waals surface area contributed by atoms with Crippen molar-refractivity contribution in [3.05, 3.63) is 53.3 Å². The van der Waals surface area contributed by atoms with Gasteiger partial charge in [0.1, 0.15) is 17.8 Å². The zero-order chi connectivity index (χ0) is 30.5. The van der Waals surface area contributed by atoms with Gasteiger partial charge >= 0.3 is 6.09 Å². The predicted molar refractivity (Wildman–Crippen MR) is 156 cm³/mol. The Morgan fingerprint density at radius 1 is 1.12 bits per heavy atom. The number of ketones is 1. The first-order valence-corrected chi connectivity index (χ1v) is 14.3. The van der Waals surface area contributed by atoms with E-state index in [4.69, 9.17) is 4.74 Å². The van der Waals surface area contributed by atoms with Gasteiger partial charge in [0.25, 0.3) is 11.8 Å². The van der Waals surface area contributed by atoms with Crippen molar-refractivity contribution in [1.29, 1.82) is 0 Å². The number of rotatable bonds is 10. The summed E-state index contributed by atoms with van der Waals surface area (Å²) in [4.78, 5) is 54.0. The van der Waals surface area contributed by atoms with Gasteiger partial charge in [-0.05, 0) is 25.0 Å². The number of aromatic nitrogens is 2. The van der Waals surface area contributed by atoms with Crippen molar-refractivity contribution in [1.82, 2.24) is 25.3 Å². The number of carbonyl (C=O) groups excluding carboxylic acids is 4. The third-order valence-electron chi connectivity index (χ3n) is 7.59. The highest BCUT2D eigenvalue weighted by Gasteiger charge is 2.45. The molecule has 2 heterocycles. The Morgan fingerprint density at radius 2 is 1.78 bits per heavy atom. The zero-order valence-electron chi connectivity index (χ0n) is 25.6. The largest absolute Gasteiger partial charge is 0.444 e. The van der Waals surface area contributed by atoms with Crippen LogP contribution in [0.2, 0.25) is 0 Å². The Balaban J connectivity index is 1.65. The van der Waals surface area contributed by atoms with Crippen LogP contribution in [-0.2, 0) is 26.8 Å². The summed E-state index contributed by atoms with van der Waals surface area (Å²) in [5.74, 6) is -1.66. The molecule has 0 aliphatic carbocycles. The van der Waals surface area contributed by atoms with E-state index in [9.17, 15) is 19.2 Å². The van der Waals surface area contributed by atoms with Crippen LogP contribution in [0.1, 0.15) is 95.5 Å². The van der Waals surface area contributed by atoms with Gasteiger partial charge in [0.2, 0.25) is 5.78 Å². The number of hydrogen-bond acceptors (Lipinski definition) is 6. The number of benzene rings is 1. The summed E-state index contributed by atoms with van der Waals surface area (Å²) in [6, 6.07) is 9.77. The van der Waals surface area contributed by atoms with E-state index in [-0.39, 0.29) is 23.9 Å². The number of alkyl carbamates (subject to hydrolysis) is 1. The van der Waals surface area contributed by atoms with Gasteiger partial charge < -0.3 is 20.3 Å². The van der Waals surface area contributed by atoms with Crippen molar-refractivity contribution in [3.8, 4) is 0 Å². The third-order valence-corrected chi connectivity index (χ3v) is 7.59. The van der Waals surface area contributed by atoms with Gasteiger partial charge in [0, 0.05) is 24.4 Å². The van der Waals surface area contributed by atoms with Crippen LogP contribution in [0.15, 0.2) is 36.4 Å². The molecule has 1 saturated heterocycles. The maximum atomic E-state index is 13.4. The van der Waals surface area contributed by atoms with Crippen molar-refractivity contribution in [2.75, 3.05) is 13.1 Å². The Hall–Kier alpha value is -3.69. The van der Waals surface area contributed by atoms with Gasteiger partial charge in [-0.2, -0.15) is 5.10 Å². The summed E-state index contributed by atoms with van der Waals surface area (Å²) in [5, 5.41) is 9.87. The molecule has 41 heavy (non-hydrogen) atoms. The molecule has 1 aliphatic heterocycles. The van der Waals surface area contributed by atoms with Gasteiger partial charge in [0.05, 0.1) is 18.3 Å². The smallest absolute Gasteiger partial charge is 0.408 e. The normalized spacial score (nSPS) is 18.0. The molecule has 0 unspecified atom stereocenters. The van der Waals surface area contributed by atoms with Crippen molar-refractivity contribution in [2.45, 2.75) is 91.3 Å². The third kappa shape index (κ3) is 7.95. The van der Waals surface area contributed by atoms with Crippen LogP contribution in [0.4, 0.5) is 4.79 Å². The first-order valence-electron chi connectivity index (χ1n) is 14.3. The number of nitrogens with one attached hydrogen (secondary N) is 2. The molecule has 2 N–H and O–H groups in total. The molecule has 1 aromatic carbocycles. The quantitative estimate of drug-likeness (QED) is 0.413. The lowest BCUT2D eigenvalue weighted by molar-refractivity contribution is -0.139. The first-order chi connectivity index (χ1) is 19.1. The SMILES string of the molecule is CCCC[C@H](NC(=O)O[C@H]1CN(C(=O)c2cc(C(C)(C)C)nn2C)CC1(C)C)C(=O)C(=O)N[C@H](C)c1ccccc1. The summed E-state index contributed by atoms with van der Waals surface area (Å²) in [7, 11) is 1.75. The summed E-state index contributed by atoms with van der Waals surface area (Å²) in [6.45, 7) is 14.3. The Kier molecular flexibility index (Phi) is 9.99. The molecule has 224 valence electrons. The number of Topliss-reactive ketones (excluding diaryl/α,β-unsaturated/α-hetero) is 1. The first kappa shape index (κ1) is 31.8. The van der Waals surface area contributed by atoms with E-state index in [0.29, 0.717) is 25.1 Å². The van der Waals surface area contributed by atoms with Crippen molar-refractivity contribution < 1.29 is 23.9 Å². The van der Waals surface area contributed by atoms with E-state index in [1.807, 2.05) is 77.9 Å². The van der Waals surface area contributed by atoms with Crippen LogP contribution in [0, 0.1) is 5.41 Å². The van der Waals surface area contributed by atoms with Crippen LogP contribution in [0.3, 0.4) is 0 Å². The molecular formula is C31H45N5O5. The fourth-order valence-corrected chi connectivity index (χ4v) is 4.89. The van der Waals surface area contributed by atoms with Crippen LogP contribution in [-0.4, -0.2) is 63.6 Å². The van der Waals surface area contributed by atoms with Gasteiger partial charge in [-0.1, -0.05) is 84.7 Å². The molecule has 0 bridgehead atoms. The molecule has 0 saturated carbocycles. The van der Waals surface area contributed by atoms with Gasteiger partial charge in [-0.25, -0.2) is 4.79 Å². The Labute approximate surface area is 243 Å². The average molecular weight is 568 g/mol. The molecule has 10 heteroatoms. The maximum absolute atomic E-state index is 13.4. The molecule has 1 aliphatic rings. The van der Waals surface area contributed by atoms with E-state index < -0.39 is 35.3 Å². The standard InChI is InChI=1S/C31H45N5O5/c1-9-10-16-22(26(37)27(38)32-20(2)21-14-12-11-13-15-21)33-29(40)41-25-18-36(19-31(25,6)7)28(39)23-17-24(30(3,4)5)34-35(23)8/h11-15,17,20,22,25H,9-10,16,18-19H2,1-8H3,(H,32,38)(H,33,40)/t20-,22+,25+/m1/s1. The number of hydrogen-bond donors (Lipinski definition) is 2. The number of unbranched alkanes of at least 4 members (excludes halogenated alkanes) is 1. The van der Waals surface area contributed by atoms with Gasteiger partial charge in [0.15, 0.2) is 0 Å². The molecular weight excluding hydrogens is 522 g/mol. The lowest BCUT2D eigenvalue weighted by Gasteiger charge is -2.26. The van der Waals surface area contributed by atoms with E-state index in [0.717, 1.165) is 17.7 Å². The van der Waals surface area contributed by atoms with E-state index in [1.165, 1.54) is 0 Å². The topological polar surface area (TPSA) is 123 Å². The second kappa shape index (κ2) is 12.9. The maximum Gasteiger partial charge on any atom is 0.408 e. The molecule has 3 amide bonds. The number of amides is 3. The number of ether oxygens (including phenoxy) is 1. The summed E-state index contributed by atoms with van der Waals surface area (Å²) in [6.07, 6.45) is 0.367. The molecule has 0 radical (unpaired) electrons. The second-order valence-electron chi connectivity index (χ2n) is 12.7. The Bertz CT molecular complexity index is 1250. The zero-order valence-corrected chi connectivity index (χ0v) is 25.6. The number of aryl methyl sites for hydroxylation is 1. The van der Waals surface area contributed by atoms with Crippen LogP contribution in [0.25, 0.3) is 0 Å². The molecule has 1 fully saturated rings. The minimum Gasteiger partial charge on any atom is -0.444 e. The highest BCUT2D eigenvalue weighted by molar-refractivity contribution is 6.38. The van der Waals surface area contributed by atoms with Crippen molar-refractivity contribution in [2.24, 2.45) is 12.5 Å². The lowest BCUT2D eigenvalue weighted by atomic mass is 9.90. The monoisotopic (exact) mass is 567 g/mol. The minimum absolute atomic E-state index is 0.185. The van der Waals surface area contributed by atoms with E-state index >= 15 is 0 Å². The second-order valence-corrected chi connectivity index (χ2v) is 12.7. The predicted octanol–water partition coefficient (Wildman–Crippen LogP) is 4.30. The van der Waals surface area contributed by atoms with Crippen LogP contribution in [0.5, 0.6) is 0 Å². The van der Waals surface area contributed by atoms with Gasteiger partial charge in [-0.3, -0.25) is 19.1 Å². The Morgan fingerprint density at radius 3 is 2.37 bits per heavy atom. The van der Waals surface area contributed by atoms with Crippen LogP contribution < -0.4 is 10.6 Å². The highest BCUT2D eigenvalue weighted by atomic mass is 16.6. The van der Waals surface area contributed by atoms with Crippen molar-refractivity contribution >= 4 is 23.7 Å². The molecule has 1 aromatic heterocycles. The number of likely N-dealkylation sites (tertiary alicyclic amines) is 1. The average Bonchev–Trinajstić information content (AvgIpc) is 3.45. The van der Waals surface area contributed by atoms with Crippen LogP contribution >= 0.6 is 0 Å². The molecule has 3 atom stereocenters. The summed E-state index contributed by atoms with van der Waals surface area (Å²) >= 11 is 0. The highest BCUT2D eigenvalue weighted by Crippen LogP contribution is 2.33. The van der Waals surface area contributed by atoms with E-state index in [1.54, 1.807) is 23.6 Å². The fraction of sp³-hybridized carbons (Fsp3) is 0.581. The summed E-state index contributed by atoms with van der Waals surface area (Å²) < 4.78 is 7.36. The number of carbonyl (C=O) groups is 4. The molecule has 0 spiro atoms. The molecule has 10 nitrogen and oxygen atoms in total. The molecule has 2 aromatic rings.